The molecule has 5 nitrogen and oxygen atoms in total. The second kappa shape index (κ2) is 11.1. The summed E-state index contributed by atoms with van der Waals surface area (Å²) in [5.74, 6) is 0.446. The van der Waals surface area contributed by atoms with Crippen LogP contribution in [-0.4, -0.2) is 48.6 Å². The number of hydrogen-bond donors (Lipinski definition) is 1. The molecule has 0 spiro atoms. The molecular weight excluding hydrogens is 416 g/mol. The molecule has 8 heteroatoms. The average molecular weight is 453 g/mol. The Kier molecular flexibility index (Phi) is 9.28. The fourth-order valence-electron chi connectivity index (χ4n) is 3.94. The molecule has 1 fully saturated rings. The number of ether oxygens (including phenoxy) is 1. The van der Waals surface area contributed by atoms with Crippen LogP contribution in [0.25, 0.3) is 0 Å². The van der Waals surface area contributed by atoms with Gasteiger partial charge in [-0.2, -0.15) is 11.8 Å². The third-order valence-corrected chi connectivity index (χ3v) is 5.78. The van der Waals surface area contributed by atoms with Gasteiger partial charge in [0.25, 0.3) is 0 Å². The van der Waals surface area contributed by atoms with E-state index in [1.807, 2.05) is 34.0 Å². The molecule has 1 saturated heterocycles. The van der Waals surface area contributed by atoms with Crippen LogP contribution in [-0.2, 0) is 14.0 Å². The first-order chi connectivity index (χ1) is 14.4. The molecule has 1 N–H and O–H groups in total. The van der Waals surface area contributed by atoms with E-state index in [4.69, 9.17) is 14.0 Å². The summed E-state index contributed by atoms with van der Waals surface area (Å²) in [6.45, 7) is 11.7. The molecular formula is C23H37BFNO4S. The number of amides is 1. The van der Waals surface area contributed by atoms with Crippen LogP contribution in [0.1, 0.15) is 72.2 Å². The normalized spacial score (nSPS) is 20.8. The monoisotopic (exact) mass is 453 g/mol. The van der Waals surface area contributed by atoms with Crippen LogP contribution in [0.3, 0.4) is 0 Å². The van der Waals surface area contributed by atoms with Crippen molar-refractivity contribution in [2.45, 2.75) is 90.0 Å². The molecule has 0 saturated carbocycles. The summed E-state index contributed by atoms with van der Waals surface area (Å²) in [5.41, 5.74) is 0.0319. The van der Waals surface area contributed by atoms with Crippen LogP contribution >= 0.6 is 11.8 Å². The van der Waals surface area contributed by atoms with Crippen molar-refractivity contribution in [3.63, 3.8) is 0 Å². The lowest BCUT2D eigenvalue weighted by Crippen LogP contribution is -2.50. The van der Waals surface area contributed by atoms with E-state index in [-0.39, 0.29) is 29.4 Å². The second-order valence-electron chi connectivity index (χ2n) is 9.92. The van der Waals surface area contributed by atoms with E-state index in [2.05, 4.69) is 19.2 Å². The van der Waals surface area contributed by atoms with Gasteiger partial charge in [-0.1, -0.05) is 12.1 Å². The first kappa shape index (κ1) is 26.0. The zero-order chi connectivity index (χ0) is 23.2. The van der Waals surface area contributed by atoms with Crippen molar-refractivity contribution >= 4 is 25.0 Å². The molecule has 31 heavy (non-hydrogen) atoms. The van der Waals surface area contributed by atoms with Crippen molar-refractivity contribution in [2.75, 3.05) is 12.0 Å². The number of carbonyl (C=O) groups excluding carboxylic acids is 1. The summed E-state index contributed by atoms with van der Waals surface area (Å²) in [7, 11) is -0.485. The molecule has 0 bridgehead atoms. The van der Waals surface area contributed by atoms with E-state index in [0.29, 0.717) is 6.42 Å². The SMILES string of the molecule is CSCCC(CC(B1OC(C)CC(C)(C)O1)c1ccc(F)cc1)NC(=O)OC(C)(C)C. The molecule has 3 atom stereocenters. The fraction of sp³-hybridized carbons (Fsp3) is 0.696. The summed E-state index contributed by atoms with van der Waals surface area (Å²) < 4.78 is 31.6. The van der Waals surface area contributed by atoms with Crippen molar-refractivity contribution in [3.8, 4) is 0 Å². The van der Waals surface area contributed by atoms with Gasteiger partial charge in [0.2, 0.25) is 0 Å². The zero-order valence-electron chi connectivity index (χ0n) is 19.9. The van der Waals surface area contributed by atoms with Crippen molar-refractivity contribution in [2.24, 2.45) is 0 Å². The Bertz CT molecular complexity index is 711. The highest BCUT2D eigenvalue weighted by molar-refractivity contribution is 7.98. The van der Waals surface area contributed by atoms with Gasteiger partial charge in [0.15, 0.2) is 0 Å². The predicted octanol–water partition coefficient (Wildman–Crippen LogP) is 5.58. The van der Waals surface area contributed by atoms with E-state index in [1.165, 1.54) is 12.1 Å². The van der Waals surface area contributed by atoms with Crippen molar-refractivity contribution in [3.05, 3.63) is 35.6 Å². The average Bonchev–Trinajstić information content (AvgIpc) is 2.61. The smallest absolute Gasteiger partial charge is 0.444 e. The van der Waals surface area contributed by atoms with Crippen LogP contribution in [0.4, 0.5) is 9.18 Å². The van der Waals surface area contributed by atoms with Gasteiger partial charge in [0, 0.05) is 18.0 Å². The molecule has 0 aromatic heterocycles. The van der Waals surface area contributed by atoms with Crippen molar-refractivity contribution < 1.29 is 23.2 Å². The highest BCUT2D eigenvalue weighted by Crippen LogP contribution is 2.35. The van der Waals surface area contributed by atoms with Gasteiger partial charge in [0.1, 0.15) is 11.4 Å². The van der Waals surface area contributed by atoms with Gasteiger partial charge in [-0.25, -0.2) is 9.18 Å². The summed E-state index contributed by atoms with van der Waals surface area (Å²) in [4.78, 5) is 12.5. The Hall–Kier alpha value is -1.25. The molecule has 1 aliphatic heterocycles. The maximum atomic E-state index is 13.6. The van der Waals surface area contributed by atoms with Gasteiger partial charge in [0.05, 0.1) is 5.60 Å². The van der Waals surface area contributed by atoms with Crippen molar-refractivity contribution in [1.82, 2.24) is 5.32 Å². The lowest BCUT2D eigenvalue weighted by molar-refractivity contribution is -0.0331. The summed E-state index contributed by atoms with van der Waals surface area (Å²) in [5, 5.41) is 3.03. The van der Waals surface area contributed by atoms with Gasteiger partial charge in [-0.15, -0.1) is 0 Å². The number of thioether (sulfide) groups is 1. The van der Waals surface area contributed by atoms with Crippen LogP contribution in [0.5, 0.6) is 0 Å². The summed E-state index contributed by atoms with van der Waals surface area (Å²) in [6, 6.07) is 6.33. The Labute approximate surface area is 191 Å². The van der Waals surface area contributed by atoms with E-state index in [0.717, 1.165) is 24.2 Å². The fourth-order valence-corrected chi connectivity index (χ4v) is 4.46. The number of nitrogens with one attached hydrogen (secondary N) is 1. The molecule has 3 unspecified atom stereocenters. The predicted molar refractivity (Wildman–Crippen MR) is 126 cm³/mol. The minimum absolute atomic E-state index is 0.0418. The second-order valence-corrected chi connectivity index (χ2v) is 10.9. The minimum atomic E-state index is -0.570. The first-order valence-electron chi connectivity index (χ1n) is 11.0. The number of benzene rings is 1. The molecule has 1 heterocycles. The quantitative estimate of drug-likeness (QED) is 0.521. The molecule has 2 rings (SSSR count). The molecule has 0 radical (unpaired) electrons. The first-order valence-corrected chi connectivity index (χ1v) is 12.3. The highest BCUT2D eigenvalue weighted by atomic mass is 32.2. The lowest BCUT2D eigenvalue weighted by atomic mass is 9.63. The summed E-state index contributed by atoms with van der Waals surface area (Å²) >= 11 is 1.73. The molecule has 1 aliphatic rings. The van der Waals surface area contributed by atoms with Crippen LogP contribution in [0.2, 0.25) is 0 Å². The van der Waals surface area contributed by atoms with Crippen LogP contribution in [0.15, 0.2) is 24.3 Å². The maximum Gasteiger partial charge on any atom is 0.465 e. The minimum Gasteiger partial charge on any atom is -0.444 e. The Morgan fingerprint density at radius 1 is 1.35 bits per heavy atom. The summed E-state index contributed by atoms with van der Waals surface area (Å²) in [6.07, 6.45) is 3.82. The van der Waals surface area contributed by atoms with Gasteiger partial charge >= 0.3 is 13.2 Å². The van der Waals surface area contributed by atoms with E-state index < -0.39 is 18.8 Å². The van der Waals surface area contributed by atoms with Crippen molar-refractivity contribution in [1.29, 1.82) is 0 Å². The standard InChI is InChI=1S/C23H37BFNO4S/c1-16-15-23(5,6)30-24(29-16)20(17-8-10-18(25)11-9-17)14-19(12-13-31-7)26-21(27)28-22(2,3)4/h8-11,16,19-20H,12-15H2,1-7H3,(H,26,27). The van der Waals surface area contributed by atoms with E-state index in [1.54, 1.807) is 23.9 Å². The molecule has 1 amide bonds. The van der Waals surface area contributed by atoms with Gasteiger partial charge in [-0.05, 0) is 90.5 Å². The highest BCUT2D eigenvalue weighted by Gasteiger charge is 2.43. The Morgan fingerprint density at radius 2 is 2.00 bits per heavy atom. The Morgan fingerprint density at radius 3 is 2.55 bits per heavy atom. The number of halogens is 1. The largest absolute Gasteiger partial charge is 0.465 e. The number of alkyl carbamates (subject to hydrolysis) is 1. The zero-order valence-corrected chi connectivity index (χ0v) is 20.7. The number of hydrogen-bond acceptors (Lipinski definition) is 5. The van der Waals surface area contributed by atoms with E-state index in [9.17, 15) is 9.18 Å². The third-order valence-electron chi connectivity index (χ3n) is 5.14. The Balaban J connectivity index is 2.27. The number of carbonyl (C=O) groups is 1. The third kappa shape index (κ3) is 9.03. The van der Waals surface area contributed by atoms with Gasteiger partial charge < -0.3 is 19.4 Å². The number of rotatable bonds is 8. The molecule has 0 aliphatic carbocycles. The lowest BCUT2D eigenvalue weighted by Gasteiger charge is -2.41. The topological polar surface area (TPSA) is 56.8 Å². The molecule has 1 aromatic carbocycles. The van der Waals surface area contributed by atoms with Crippen LogP contribution in [0, 0.1) is 5.82 Å². The maximum absolute atomic E-state index is 13.6. The van der Waals surface area contributed by atoms with E-state index >= 15 is 0 Å². The molecule has 174 valence electrons. The molecule has 1 aromatic rings. The van der Waals surface area contributed by atoms with Crippen LogP contribution < -0.4 is 5.32 Å². The van der Waals surface area contributed by atoms with Gasteiger partial charge in [-0.3, -0.25) is 0 Å².